The first-order valence-corrected chi connectivity index (χ1v) is 12.5. The number of hydrogen-bond acceptors (Lipinski definition) is 8. The highest BCUT2D eigenvalue weighted by atomic mass is 35.5. The number of halogens is 3. The van der Waals surface area contributed by atoms with Crippen molar-refractivity contribution in [1.29, 1.82) is 0 Å². The number of aliphatic carboxylic acids is 1. The Balaban J connectivity index is 1.82. The lowest BCUT2D eigenvalue weighted by Crippen LogP contribution is -2.49. The molecule has 38 heavy (non-hydrogen) atoms. The summed E-state index contributed by atoms with van der Waals surface area (Å²) < 4.78 is 39.6. The van der Waals surface area contributed by atoms with Gasteiger partial charge in [-0.1, -0.05) is 17.7 Å². The van der Waals surface area contributed by atoms with Crippen molar-refractivity contribution in [2.45, 2.75) is 31.8 Å². The van der Waals surface area contributed by atoms with Crippen molar-refractivity contribution in [1.82, 2.24) is 15.2 Å². The maximum absolute atomic E-state index is 14.8. The van der Waals surface area contributed by atoms with E-state index in [2.05, 4.69) is 15.3 Å². The van der Waals surface area contributed by atoms with Crippen LogP contribution in [-0.2, 0) is 19.1 Å². The van der Waals surface area contributed by atoms with Crippen molar-refractivity contribution in [2.24, 2.45) is 4.99 Å². The third-order valence-corrected chi connectivity index (χ3v) is 6.59. The Labute approximate surface area is 223 Å². The van der Waals surface area contributed by atoms with Crippen LogP contribution in [-0.4, -0.2) is 71.7 Å². The van der Waals surface area contributed by atoms with Gasteiger partial charge < -0.3 is 19.9 Å². The lowest BCUT2D eigenvalue weighted by atomic mass is 9.94. The first kappa shape index (κ1) is 27.6. The summed E-state index contributed by atoms with van der Waals surface area (Å²) in [5, 5.41) is 12.3. The second-order valence-electron chi connectivity index (χ2n) is 8.75. The Hall–Kier alpha value is -3.41. The topological polar surface area (TPSA) is 113 Å². The van der Waals surface area contributed by atoms with Crippen LogP contribution < -0.4 is 5.32 Å². The minimum Gasteiger partial charge on any atom is -0.481 e. The number of carboxylic acid groups (broad SMARTS) is 1. The molecule has 2 N–H and O–H groups in total. The van der Waals surface area contributed by atoms with Crippen LogP contribution in [0.5, 0.6) is 0 Å². The first-order chi connectivity index (χ1) is 18.3. The van der Waals surface area contributed by atoms with Crippen LogP contribution in [0.2, 0.25) is 5.02 Å². The summed E-state index contributed by atoms with van der Waals surface area (Å²) in [5.41, 5.74) is 0.754. The van der Waals surface area contributed by atoms with Gasteiger partial charge >= 0.3 is 11.9 Å². The zero-order chi connectivity index (χ0) is 27.2. The van der Waals surface area contributed by atoms with Gasteiger partial charge in [0.2, 0.25) is 0 Å². The summed E-state index contributed by atoms with van der Waals surface area (Å²) in [6.45, 7) is 3.11. The molecule has 1 fully saturated rings. The number of nitrogens with zero attached hydrogens (tertiary/aromatic N) is 3. The van der Waals surface area contributed by atoms with Gasteiger partial charge in [0.05, 0.1) is 25.4 Å². The number of amidine groups is 1. The number of benzene rings is 1. The summed E-state index contributed by atoms with van der Waals surface area (Å²) in [4.78, 5) is 35.2. The summed E-state index contributed by atoms with van der Waals surface area (Å²) >= 11 is 6.39. The molecule has 1 aromatic carbocycles. The second kappa shape index (κ2) is 12.4. The monoisotopic (exact) mass is 548 g/mol. The fraction of sp³-hybridized carbons (Fsp3) is 0.385. The number of carbonyl (C=O) groups excluding carboxylic acids is 1. The molecular formula is C26H27ClF2N4O5. The highest BCUT2D eigenvalue weighted by Gasteiger charge is 2.36. The van der Waals surface area contributed by atoms with Gasteiger partial charge in [-0.15, -0.1) is 0 Å². The molecule has 2 unspecified atom stereocenters. The van der Waals surface area contributed by atoms with Crippen LogP contribution in [0.1, 0.15) is 37.1 Å². The lowest BCUT2D eigenvalue weighted by molar-refractivity contribution is -0.139. The molecule has 0 amide bonds. The number of aliphatic imine (C=N–C) groups is 1. The van der Waals surface area contributed by atoms with Crippen LogP contribution in [0.3, 0.4) is 0 Å². The van der Waals surface area contributed by atoms with Crippen molar-refractivity contribution in [2.75, 3.05) is 32.9 Å². The van der Waals surface area contributed by atoms with E-state index in [1.54, 1.807) is 6.92 Å². The van der Waals surface area contributed by atoms with Crippen molar-refractivity contribution >= 4 is 29.4 Å². The van der Waals surface area contributed by atoms with Crippen molar-refractivity contribution in [3.8, 4) is 0 Å². The molecule has 1 aromatic heterocycles. The van der Waals surface area contributed by atoms with Gasteiger partial charge in [-0.2, -0.15) is 0 Å². The minimum atomic E-state index is -1.05. The van der Waals surface area contributed by atoms with E-state index in [1.165, 1.54) is 30.5 Å². The quantitative estimate of drug-likeness (QED) is 0.458. The predicted molar refractivity (Wildman–Crippen MR) is 135 cm³/mol. The van der Waals surface area contributed by atoms with Gasteiger partial charge in [-0.25, -0.2) is 18.6 Å². The standard InChI is InChI=1S/C26H27ClF2N4O5/c1-2-38-26(36)22-20(13-33-10-11-37-14-16(33)6-8-21(34)35)31-25(24-19(29)4-3-9-30-24)32-23(22)17-7-5-15(28)12-18(17)27/h3-5,7,9,12,16,23H,2,6,8,10-11,13-14H2,1H3,(H,31,32)(H,34,35). The van der Waals surface area contributed by atoms with Gasteiger partial charge in [0.15, 0.2) is 11.7 Å². The van der Waals surface area contributed by atoms with Crippen LogP contribution in [0.25, 0.3) is 0 Å². The van der Waals surface area contributed by atoms with E-state index in [-0.39, 0.29) is 47.7 Å². The molecule has 2 aromatic rings. The molecule has 12 heteroatoms. The number of carboxylic acids is 1. The fourth-order valence-corrected chi connectivity index (χ4v) is 4.73. The fourth-order valence-electron chi connectivity index (χ4n) is 4.45. The van der Waals surface area contributed by atoms with Crippen molar-refractivity contribution in [3.63, 3.8) is 0 Å². The van der Waals surface area contributed by atoms with Gasteiger partial charge in [0.1, 0.15) is 17.6 Å². The van der Waals surface area contributed by atoms with Crippen LogP contribution in [0, 0.1) is 11.6 Å². The van der Waals surface area contributed by atoms with Gasteiger partial charge in [0.25, 0.3) is 0 Å². The number of rotatable bonds is 9. The second-order valence-corrected chi connectivity index (χ2v) is 9.16. The third kappa shape index (κ3) is 6.35. The lowest BCUT2D eigenvalue weighted by Gasteiger charge is -2.37. The van der Waals surface area contributed by atoms with E-state index in [0.29, 0.717) is 37.4 Å². The number of aromatic nitrogens is 1. The molecule has 1 saturated heterocycles. The summed E-state index contributed by atoms with van der Waals surface area (Å²) in [7, 11) is 0. The Morgan fingerprint density at radius 3 is 2.84 bits per heavy atom. The van der Waals surface area contributed by atoms with Crippen molar-refractivity contribution in [3.05, 3.63) is 75.7 Å². The first-order valence-electron chi connectivity index (χ1n) is 12.1. The molecular weight excluding hydrogens is 522 g/mol. The van der Waals surface area contributed by atoms with Gasteiger partial charge in [-0.3, -0.25) is 14.7 Å². The maximum Gasteiger partial charge on any atom is 0.338 e. The molecule has 0 radical (unpaired) electrons. The van der Waals surface area contributed by atoms with Gasteiger partial charge in [0, 0.05) is 48.0 Å². The van der Waals surface area contributed by atoms with E-state index in [9.17, 15) is 23.5 Å². The highest BCUT2D eigenvalue weighted by molar-refractivity contribution is 6.31. The average Bonchev–Trinajstić information content (AvgIpc) is 2.88. The number of carbonyl (C=O) groups is 2. The number of morpholine rings is 1. The largest absolute Gasteiger partial charge is 0.481 e. The van der Waals surface area contributed by atoms with E-state index in [4.69, 9.17) is 21.1 Å². The van der Waals surface area contributed by atoms with Crippen LogP contribution >= 0.6 is 11.6 Å². The summed E-state index contributed by atoms with van der Waals surface area (Å²) in [5.74, 6) is -2.73. The number of esters is 1. The highest BCUT2D eigenvalue weighted by Crippen LogP contribution is 2.37. The molecule has 202 valence electrons. The Kier molecular flexibility index (Phi) is 9.03. The SMILES string of the molecule is CCOC(=O)C1=C(CN2CCOCC2CCC(=O)O)NC(c2ncccc2F)=NC1c1ccc(F)cc1Cl. The Morgan fingerprint density at radius 1 is 1.32 bits per heavy atom. The van der Waals surface area contributed by atoms with E-state index >= 15 is 0 Å². The van der Waals surface area contributed by atoms with Crippen molar-refractivity contribution < 1.29 is 33.0 Å². The molecule has 2 aliphatic heterocycles. The normalized spacial score (nSPS) is 20.1. The number of hydrogen-bond donors (Lipinski definition) is 2. The molecule has 9 nitrogen and oxygen atoms in total. The number of ether oxygens (including phenoxy) is 2. The number of pyridine rings is 1. The van der Waals surface area contributed by atoms with E-state index < -0.39 is 29.6 Å². The minimum absolute atomic E-state index is 0.0355. The average molecular weight is 549 g/mol. The predicted octanol–water partition coefficient (Wildman–Crippen LogP) is 3.49. The molecule has 4 rings (SSSR count). The molecule has 0 bridgehead atoms. The van der Waals surface area contributed by atoms with Crippen LogP contribution in [0.15, 0.2) is 52.8 Å². The maximum atomic E-state index is 14.8. The van der Waals surface area contributed by atoms with E-state index in [1.807, 2.05) is 4.90 Å². The molecule has 2 aliphatic rings. The molecule has 3 heterocycles. The Bertz CT molecular complexity index is 1270. The summed E-state index contributed by atoms with van der Waals surface area (Å²) in [6.07, 6.45) is 1.69. The van der Waals surface area contributed by atoms with E-state index in [0.717, 1.165) is 6.07 Å². The van der Waals surface area contributed by atoms with Crippen LogP contribution in [0.4, 0.5) is 8.78 Å². The zero-order valence-electron chi connectivity index (χ0n) is 20.6. The molecule has 0 saturated carbocycles. The smallest absolute Gasteiger partial charge is 0.338 e. The zero-order valence-corrected chi connectivity index (χ0v) is 21.4. The molecule has 2 atom stereocenters. The van der Waals surface area contributed by atoms with Gasteiger partial charge in [-0.05, 0) is 37.6 Å². The Morgan fingerprint density at radius 2 is 2.13 bits per heavy atom. The molecule has 0 spiro atoms. The molecule has 0 aliphatic carbocycles. The number of nitrogens with one attached hydrogen (secondary N) is 1. The third-order valence-electron chi connectivity index (χ3n) is 6.26. The summed E-state index contributed by atoms with van der Waals surface area (Å²) in [6, 6.07) is 5.13.